The first-order chi connectivity index (χ1) is 12.5. The van der Waals surface area contributed by atoms with Crippen LogP contribution in [0.15, 0.2) is 54.6 Å². The number of benzene rings is 2. The molecule has 0 aliphatic rings. The molecule has 2 heterocycles. The van der Waals surface area contributed by atoms with Gasteiger partial charge in [0.2, 0.25) is 0 Å². The van der Waals surface area contributed by atoms with E-state index in [9.17, 15) is 0 Å². The van der Waals surface area contributed by atoms with E-state index < -0.39 is 0 Å². The minimum absolute atomic E-state index is 0.500. The highest BCUT2D eigenvalue weighted by atomic mass is 35.5. The summed E-state index contributed by atoms with van der Waals surface area (Å²) in [5.41, 5.74) is 5.60. The second-order valence-corrected chi connectivity index (χ2v) is 6.91. The van der Waals surface area contributed by atoms with Crippen LogP contribution in [0.3, 0.4) is 0 Å². The maximum atomic E-state index is 6.13. The fraction of sp³-hybridized carbons (Fsp3) is 0.100. The smallest absolute Gasteiger partial charge is 0.165 e. The number of rotatable bonds is 3. The largest absolute Gasteiger partial charge is 0.340 e. The van der Waals surface area contributed by atoms with Crippen molar-refractivity contribution in [3.8, 4) is 11.1 Å². The summed E-state index contributed by atoms with van der Waals surface area (Å²) in [4.78, 5) is 4.72. The number of anilines is 2. The van der Waals surface area contributed by atoms with Crippen LogP contribution in [-0.2, 0) is 0 Å². The minimum Gasteiger partial charge on any atom is -0.340 e. The zero-order valence-corrected chi connectivity index (χ0v) is 15.8. The summed E-state index contributed by atoms with van der Waals surface area (Å²) in [7, 11) is 0. The standard InChI is InChI=1S/C20H16Cl2N4/c1-12-10-18(24-15-8-9-16(21)17(22)11-15)26-20(23-12)19(13(2)25-26)14-6-4-3-5-7-14/h3-11,24H,1-2H3. The van der Waals surface area contributed by atoms with Crippen LogP contribution in [-0.4, -0.2) is 14.6 Å². The summed E-state index contributed by atoms with van der Waals surface area (Å²) in [5.74, 6) is 0.816. The molecule has 0 fully saturated rings. The van der Waals surface area contributed by atoms with Gasteiger partial charge in [-0.15, -0.1) is 0 Å². The lowest BCUT2D eigenvalue weighted by Crippen LogP contribution is -2.02. The monoisotopic (exact) mass is 382 g/mol. The molecule has 130 valence electrons. The van der Waals surface area contributed by atoms with Crippen molar-refractivity contribution in [2.45, 2.75) is 13.8 Å². The van der Waals surface area contributed by atoms with Crippen molar-refractivity contribution in [1.29, 1.82) is 0 Å². The van der Waals surface area contributed by atoms with E-state index in [0.717, 1.165) is 39.7 Å². The van der Waals surface area contributed by atoms with Crippen LogP contribution in [0.1, 0.15) is 11.4 Å². The molecule has 1 N–H and O–H groups in total. The van der Waals surface area contributed by atoms with Crippen molar-refractivity contribution in [2.75, 3.05) is 5.32 Å². The van der Waals surface area contributed by atoms with Gasteiger partial charge in [-0.3, -0.25) is 0 Å². The first-order valence-electron chi connectivity index (χ1n) is 8.17. The number of halogens is 2. The number of fused-ring (bicyclic) bond motifs is 1. The fourth-order valence-corrected chi connectivity index (χ4v) is 3.30. The molecule has 6 heteroatoms. The third kappa shape index (κ3) is 3.02. The first kappa shape index (κ1) is 16.9. The lowest BCUT2D eigenvalue weighted by molar-refractivity contribution is 0.917. The molecule has 0 aliphatic carbocycles. The van der Waals surface area contributed by atoms with Gasteiger partial charge in [-0.05, 0) is 37.6 Å². The van der Waals surface area contributed by atoms with Gasteiger partial charge in [-0.2, -0.15) is 9.61 Å². The summed E-state index contributed by atoms with van der Waals surface area (Å²) in [6.45, 7) is 3.96. The van der Waals surface area contributed by atoms with Crippen LogP contribution in [0.5, 0.6) is 0 Å². The van der Waals surface area contributed by atoms with E-state index in [0.29, 0.717) is 10.0 Å². The number of nitrogens with one attached hydrogen (secondary N) is 1. The van der Waals surface area contributed by atoms with Crippen LogP contribution in [0.2, 0.25) is 10.0 Å². The Bertz CT molecular complexity index is 1100. The van der Waals surface area contributed by atoms with Crippen molar-refractivity contribution in [3.05, 3.63) is 76.0 Å². The summed E-state index contributed by atoms with van der Waals surface area (Å²) in [5, 5.41) is 9.09. The Hall–Kier alpha value is -2.56. The molecule has 0 atom stereocenters. The van der Waals surface area contributed by atoms with Gasteiger partial charge in [-0.1, -0.05) is 53.5 Å². The maximum Gasteiger partial charge on any atom is 0.165 e. The van der Waals surface area contributed by atoms with E-state index in [-0.39, 0.29) is 0 Å². The van der Waals surface area contributed by atoms with E-state index >= 15 is 0 Å². The Kier molecular flexibility index (Phi) is 4.31. The molecule has 0 saturated carbocycles. The van der Waals surface area contributed by atoms with Crippen molar-refractivity contribution in [1.82, 2.24) is 14.6 Å². The van der Waals surface area contributed by atoms with Crippen molar-refractivity contribution < 1.29 is 0 Å². The molecular formula is C20H16Cl2N4. The third-order valence-electron chi connectivity index (χ3n) is 4.15. The van der Waals surface area contributed by atoms with E-state index in [4.69, 9.17) is 33.3 Å². The predicted molar refractivity (Wildman–Crippen MR) is 108 cm³/mol. The lowest BCUT2D eigenvalue weighted by Gasteiger charge is -2.10. The molecule has 0 saturated heterocycles. The number of aromatic nitrogens is 3. The molecule has 4 rings (SSSR count). The molecule has 0 unspecified atom stereocenters. The first-order valence-corrected chi connectivity index (χ1v) is 8.93. The van der Waals surface area contributed by atoms with Crippen LogP contribution in [0.4, 0.5) is 11.5 Å². The Morgan fingerprint density at radius 1 is 0.923 bits per heavy atom. The molecule has 0 amide bonds. The molecule has 0 radical (unpaired) electrons. The number of hydrogen-bond acceptors (Lipinski definition) is 3. The Labute approximate surface area is 161 Å². The fourth-order valence-electron chi connectivity index (χ4n) is 3.00. The average molecular weight is 383 g/mol. The van der Waals surface area contributed by atoms with Crippen LogP contribution in [0.25, 0.3) is 16.8 Å². The predicted octanol–water partition coefficient (Wildman–Crippen LogP) is 6.06. The van der Waals surface area contributed by atoms with Gasteiger partial charge in [-0.25, -0.2) is 4.98 Å². The molecular weight excluding hydrogens is 367 g/mol. The van der Waals surface area contributed by atoms with Gasteiger partial charge in [0.05, 0.1) is 15.7 Å². The molecule has 0 bridgehead atoms. The average Bonchev–Trinajstić information content (AvgIpc) is 2.95. The van der Waals surface area contributed by atoms with Gasteiger partial charge in [0.1, 0.15) is 5.82 Å². The van der Waals surface area contributed by atoms with Crippen LogP contribution >= 0.6 is 23.2 Å². The third-order valence-corrected chi connectivity index (χ3v) is 4.89. The van der Waals surface area contributed by atoms with Gasteiger partial charge < -0.3 is 5.32 Å². The van der Waals surface area contributed by atoms with E-state index in [1.165, 1.54) is 0 Å². The van der Waals surface area contributed by atoms with Crippen molar-refractivity contribution >= 4 is 40.4 Å². The highest BCUT2D eigenvalue weighted by molar-refractivity contribution is 6.42. The van der Waals surface area contributed by atoms with Crippen LogP contribution < -0.4 is 5.32 Å². The zero-order valence-electron chi connectivity index (χ0n) is 14.3. The summed E-state index contributed by atoms with van der Waals surface area (Å²) < 4.78 is 1.83. The summed E-state index contributed by atoms with van der Waals surface area (Å²) >= 11 is 12.1. The molecule has 2 aromatic heterocycles. The number of nitrogens with zero attached hydrogens (tertiary/aromatic N) is 3. The van der Waals surface area contributed by atoms with Gasteiger partial charge in [0.15, 0.2) is 5.65 Å². The molecule has 0 aliphatic heterocycles. The van der Waals surface area contributed by atoms with Gasteiger partial charge in [0, 0.05) is 23.0 Å². The Morgan fingerprint density at radius 3 is 2.42 bits per heavy atom. The quantitative estimate of drug-likeness (QED) is 0.467. The minimum atomic E-state index is 0.500. The normalized spacial score (nSPS) is 11.1. The van der Waals surface area contributed by atoms with Crippen LogP contribution in [0, 0.1) is 13.8 Å². The SMILES string of the molecule is Cc1cc(Nc2ccc(Cl)c(Cl)c2)n2nc(C)c(-c3ccccc3)c2n1. The zero-order chi connectivity index (χ0) is 18.3. The van der Waals surface area contributed by atoms with E-state index in [1.54, 1.807) is 12.1 Å². The van der Waals surface area contributed by atoms with E-state index in [1.807, 2.05) is 48.7 Å². The second kappa shape index (κ2) is 6.63. The highest BCUT2D eigenvalue weighted by Gasteiger charge is 2.16. The van der Waals surface area contributed by atoms with Crippen molar-refractivity contribution in [3.63, 3.8) is 0 Å². The van der Waals surface area contributed by atoms with Gasteiger partial charge in [0.25, 0.3) is 0 Å². The Balaban J connectivity index is 1.87. The summed E-state index contributed by atoms with van der Waals surface area (Å²) in [6.07, 6.45) is 0. The molecule has 4 aromatic rings. The summed E-state index contributed by atoms with van der Waals surface area (Å²) in [6, 6.07) is 17.6. The number of hydrogen-bond donors (Lipinski definition) is 1. The molecule has 0 spiro atoms. The van der Waals surface area contributed by atoms with Gasteiger partial charge >= 0.3 is 0 Å². The molecule has 26 heavy (non-hydrogen) atoms. The molecule has 4 nitrogen and oxygen atoms in total. The van der Waals surface area contributed by atoms with E-state index in [2.05, 4.69) is 17.4 Å². The van der Waals surface area contributed by atoms with Crippen molar-refractivity contribution in [2.24, 2.45) is 0 Å². The second-order valence-electron chi connectivity index (χ2n) is 6.10. The Morgan fingerprint density at radius 2 is 1.69 bits per heavy atom. The lowest BCUT2D eigenvalue weighted by atomic mass is 10.1. The highest BCUT2D eigenvalue weighted by Crippen LogP contribution is 2.31. The maximum absolute atomic E-state index is 6.13. The topological polar surface area (TPSA) is 42.2 Å². The molecule has 2 aromatic carbocycles. The number of aryl methyl sites for hydroxylation is 2.